The van der Waals surface area contributed by atoms with Crippen LogP contribution in [0.1, 0.15) is 34.8 Å². The molecule has 1 atom stereocenters. The lowest BCUT2D eigenvalue weighted by molar-refractivity contribution is -0.131. The Kier molecular flexibility index (Phi) is 4.77. The Hall–Kier alpha value is -3.28. The van der Waals surface area contributed by atoms with E-state index in [1.165, 1.54) is 11.1 Å². The molecule has 142 valence electrons. The predicted octanol–water partition coefficient (Wildman–Crippen LogP) is 2.83. The van der Waals surface area contributed by atoms with Crippen LogP contribution in [0.15, 0.2) is 53.5 Å². The lowest BCUT2D eigenvalue weighted by atomic mass is 10.1. The normalized spacial score (nSPS) is 15.3. The monoisotopic (exact) mass is 374 g/mol. The van der Waals surface area contributed by atoms with Gasteiger partial charge in [0.25, 0.3) is 5.56 Å². The largest absolute Gasteiger partial charge is 0.338 e. The van der Waals surface area contributed by atoms with Gasteiger partial charge in [0.2, 0.25) is 5.91 Å². The summed E-state index contributed by atoms with van der Waals surface area (Å²) in [6, 6.07) is 13.7. The molecular formula is C22H22N4O2. The Labute approximate surface area is 163 Å². The van der Waals surface area contributed by atoms with E-state index in [2.05, 4.69) is 27.1 Å². The van der Waals surface area contributed by atoms with E-state index in [1.54, 1.807) is 30.2 Å². The average Bonchev–Trinajstić information content (AvgIpc) is 3.14. The number of pyridine rings is 1. The number of rotatable bonds is 4. The second-order valence-corrected chi connectivity index (χ2v) is 7.13. The average molecular weight is 374 g/mol. The summed E-state index contributed by atoms with van der Waals surface area (Å²) < 4.78 is 0. The van der Waals surface area contributed by atoms with Gasteiger partial charge in [-0.2, -0.15) is 0 Å². The van der Waals surface area contributed by atoms with Crippen molar-refractivity contribution in [3.05, 3.63) is 81.4 Å². The number of aromatic amines is 1. The highest BCUT2D eigenvalue weighted by atomic mass is 16.2. The smallest absolute Gasteiger partial charge is 0.255 e. The van der Waals surface area contributed by atoms with Gasteiger partial charge in [0.1, 0.15) is 5.69 Å². The van der Waals surface area contributed by atoms with Gasteiger partial charge in [0.15, 0.2) is 5.82 Å². The lowest BCUT2D eigenvalue weighted by Crippen LogP contribution is -2.33. The minimum Gasteiger partial charge on any atom is -0.338 e. The minimum atomic E-state index is -0.290. The van der Waals surface area contributed by atoms with Gasteiger partial charge in [0, 0.05) is 24.5 Å². The number of carbonyl (C=O) groups excluding carboxylic acids is 1. The molecule has 0 fully saturated rings. The van der Waals surface area contributed by atoms with Gasteiger partial charge in [-0.15, -0.1) is 0 Å². The molecule has 3 aromatic rings. The molecule has 1 aromatic carbocycles. The van der Waals surface area contributed by atoms with Crippen LogP contribution in [0, 0.1) is 6.92 Å². The quantitative estimate of drug-likeness (QED) is 0.762. The number of fused-ring (bicyclic) bond motifs is 1. The summed E-state index contributed by atoms with van der Waals surface area (Å²) in [7, 11) is 1.81. The van der Waals surface area contributed by atoms with Gasteiger partial charge in [-0.25, -0.2) is 4.98 Å². The molecule has 2 aromatic heterocycles. The van der Waals surface area contributed by atoms with Crippen molar-refractivity contribution < 1.29 is 4.79 Å². The molecule has 0 bridgehead atoms. The number of hydrogen-bond acceptors (Lipinski definition) is 4. The molecule has 6 nitrogen and oxygen atoms in total. The topological polar surface area (TPSA) is 79.0 Å². The fourth-order valence-corrected chi connectivity index (χ4v) is 3.83. The van der Waals surface area contributed by atoms with E-state index in [0.29, 0.717) is 22.8 Å². The fourth-order valence-electron chi connectivity index (χ4n) is 3.83. The van der Waals surface area contributed by atoms with Crippen molar-refractivity contribution in [2.24, 2.45) is 0 Å². The number of aryl methyl sites for hydroxylation is 2. The third-order valence-corrected chi connectivity index (χ3v) is 5.42. The molecule has 28 heavy (non-hydrogen) atoms. The fraction of sp³-hybridized carbons (Fsp3) is 0.273. The van der Waals surface area contributed by atoms with Gasteiger partial charge in [0.05, 0.1) is 12.5 Å². The minimum absolute atomic E-state index is 0.0336. The van der Waals surface area contributed by atoms with Gasteiger partial charge in [-0.1, -0.05) is 30.3 Å². The summed E-state index contributed by atoms with van der Waals surface area (Å²) in [5, 5.41) is 0. The van der Waals surface area contributed by atoms with E-state index in [-0.39, 0.29) is 23.9 Å². The number of nitrogens with one attached hydrogen (secondary N) is 1. The number of aromatic nitrogens is 3. The SMILES string of the molecule is Cc1nc(-c2ccccn2)[nH]c(=O)c1CC(=O)N(C)[C@@H]1CCc2ccccc21. The third-order valence-electron chi connectivity index (χ3n) is 5.42. The van der Waals surface area contributed by atoms with Crippen LogP contribution < -0.4 is 5.56 Å². The van der Waals surface area contributed by atoms with Gasteiger partial charge < -0.3 is 9.88 Å². The highest BCUT2D eigenvalue weighted by Crippen LogP contribution is 2.35. The molecule has 0 radical (unpaired) electrons. The Balaban J connectivity index is 1.56. The molecule has 1 amide bonds. The van der Waals surface area contributed by atoms with Crippen LogP contribution in [-0.2, 0) is 17.6 Å². The zero-order chi connectivity index (χ0) is 19.7. The zero-order valence-corrected chi connectivity index (χ0v) is 16.0. The molecular weight excluding hydrogens is 352 g/mol. The van der Waals surface area contributed by atoms with Gasteiger partial charge in [-0.05, 0) is 43.0 Å². The number of carbonyl (C=O) groups is 1. The number of benzene rings is 1. The zero-order valence-electron chi connectivity index (χ0n) is 16.0. The van der Waals surface area contributed by atoms with Gasteiger partial charge in [-0.3, -0.25) is 14.6 Å². The van der Waals surface area contributed by atoms with Crippen LogP contribution in [0.3, 0.4) is 0 Å². The van der Waals surface area contributed by atoms with Crippen molar-refractivity contribution in [2.75, 3.05) is 7.05 Å². The summed E-state index contributed by atoms with van der Waals surface area (Å²) in [6.07, 6.45) is 3.56. The van der Waals surface area contributed by atoms with E-state index >= 15 is 0 Å². The summed E-state index contributed by atoms with van der Waals surface area (Å²) >= 11 is 0. The number of amides is 1. The van der Waals surface area contributed by atoms with Crippen LogP contribution in [0.25, 0.3) is 11.5 Å². The van der Waals surface area contributed by atoms with Crippen LogP contribution >= 0.6 is 0 Å². The molecule has 0 spiro atoms. The summed E-state index contributed by atoms with van der Waals surface area (Å²) in [5.74, 6) is 0.333. The van der Waals surface area contributed by atoms with Crippen molar-refractivity contribution in [3.63, 3.8) is 0 Å². The molecule has 1 aliphatic rings. The van der Waals surface area contributed by atoms with Crippen molar-refractivity contribution in [1.82, 2.24) is 19.9 Å². The van der Waals surface area contributed by atoms with Crippen molar-refractivity contribution >= 4 is 5.91 Å². The number of hydrogen-bond donors (Lipinski definition) is 1. The second kappa shape index (κ2) is 7.38. The maximum absolute atomic E-state index is 12.9. The first kappa shape index (κ1) is 18.1. The summed E-state index contributed by atoms with van der Waals surface area (Å²) in [4.78, 5) is 38.7. The van der Waals surface area contributed by atoms with Crippen molar-refractivity contribution in [3.8, 4) is 11.5 Å². The molecule has 1 aliphatic carbocycles. The highest BCUT2D eigenvalue weighted by molar-refractivity contribution is 5.79. The van der Waals surface area contributed by atoms with Crippen LogP contribution in [-0.4, -0.2) is 32.8 Å². The molecule has 0 unspecified atom stereocenters. The van der Waals surface area contributed by atoms with Crippen LogP contribution in [0.2, 0.25) is 0 Å². The second-order valence-electron chi connectivity index (χ2n) is 7.13. The first-order valence-corrected chi connectivity index (χ1v) is 9.39. The lowest BCUT2D eigenvalue weighted by Gasteiger charge is -2.25. The van der Waals surface area contributed by atoms with Crippen LogP contribution in [0.4, 0.5) is 0 Å². The molecule has 0 saturated carbocycles. The summed E-state index contributed by atoms with van der Waals surface area (Å²) in [6.45, 7) is 1.76. The predicted molar refractivity (Wildman–Crippen MR) is 107 cm³/mol. The Morgan fingerprint density at radius 1 is 1.21 bits per heavy atom. The van der Waals surface area contributed by atoms with E-state index in [0.717, 1.165) is 12.8 Å². The molecule has 0 aliphatic heterocycles. The third kappa shape index (κ3) is 3.33. The maximum atomic E-state index is 12.9. The molecule has 6 heteroatoms. The van der Waals surface area contributed by atoms with Crippen molar-refractivity contribution in [2.45, 2.75) is 32.2 Å². The molecule has 4 rings (SSSR count). The van der Waals surface area contributed by atoms with Crippen LogP contribution in [0.5, 0.6) is 0 Å². The maximum Gasteiger partial charge on any atom is 0.255 e. The van der Waals surface area contributed by atoms with Gasteiger partial charge >= 0.3 is 0 Å². The summed E-state index contributed by atoms with van der Waals surface area (Å²) in [5.41, 5.74) is 3.76. The number of likely N-dealkylation sites (N-methyl/N-ethyl adjacent to an activating group) is 1. The molecule has 1 N–H and O–H groups in total. The highest BCUT2D eigenvalue weighted by Gasteiger charge is 2.29. The number of H-pyrrole nitrogens is 1. The Morgan fingerprint density at radius 3 is 2.75 bits per heavy atom. The Bertz CT molecular complexity index is 1080. The standard InChI is InChI=1S/C22H22N4O2/c1-14-17(22(28)25-21(24-14)18-9-5-6-12-23-18)13-20(27)26(2)19-11-10-15-7-3-4-8-16(15)19/h3-9,12,19H,10-11,13H2,1-2H3,(H,24,25,28)/t19-/m1/s1. The Morgan fingerprint density at radius 2 is 2.00 bits per heavy atom. The van der Waals surface area contributed by atoms with Crippen molar-refractivity contribution in [1.29, 1.82) is 0 Å². The van der Waals surface area contributed by atoms with E-state index < -0.39 is 0 Å². The molecule has 0 saturated heterocycles. The van der Waals surface area contributed by atoms with E-state index in [4.69, 9.17) is 0 Å². The number of nitrogens with zero attached hydrogens (tertiary/aromatic N) is 3. The van der Waals surface area contributed by atoms with E-state index in [9.17, 15) is 9.59 Å². The molecule has 2 heterocycles. The first-order valence-electron chi connectivity index (χ1n) is 9.39. The first-order chi connectivity index (χ1) is 13.5. The van der Waals surface area contributed by atoms with E-state index in [1.807, 2.05) is 25.2 Å².